The number of carbonyl (C=O) groups is 1. The number of hydrogen-bond acceptors (Lipinski definition) is 2. The topological polar surface area (TPSA) is 32.3 Å². The number of carbonyl (C=O) groups excluding carboxylic acids is 1. The van der Waals surface area contributed by atoms with Gasteiger partial charge in [0.05, 0.1) is 0 Å². The van der Waals surface area contributed by atoms with Crippen LogP contribution < -0.4 is 5.32 Å². The van der Waals surface area contributed by atoms with E-state index in [0.29, 0.717) is 17.6 Å². The molecule has 1 rings (SSSR count). The summed E-state index contributed by atoms with van der Waals surface area (Å²) in [5.41, 5.74) is 0. The van der Waals surface area contributed by atoms with Crippen molar-refractivity contribution in [3.8, 4) is 0 Å². The Balaban J connectivity index is 2.64. The minimum absolute atomic E-state index is 0.0728. The smallest absolute Gasteiger partial charge is 0.251 e. The van der Waals surface area contributed by atoms with Crippen LogP contribution in [-0.4, -0.2) is 28.5 Å². The number of amides is 1. The maximum absolute atomic E-state index is 11.8. The fraction of sp³-hybridized carbons (Fsp3) is 0.600. The van der Waals surface area contributed by atoms with Gasteiger partial charge < -0.3 is 5.32 Å². The summed E-state index contributed by atoms with van der Waals surface area (Å²) in [6.45, 7) is 8.28. The molecule has 0 saturated carbocycles. The fourth-order valence-electron chi connectivity index (χ4n) is 1.51. The first kappa shape index (κ1) is 11.2. The van der Waals surface area contributed by atoms with Crippen LogP contribution in [0.25, 0.3) is 0 Å². The normalized spacial score (nSPS) is 21.6. The molecule has 1 aliphatic heterocycles. The molecule has 0 aromatic carbocycles. The summed E-state index contributed by atoms with van der Waals surface area (Å²) in [5, 5.41) is 3.56. The summed E-state index contributed by atoms with van der Waals surface area (Å²) in [7, 11) is 0. The zero-order valence-electron chi connectivity index (χ0n) is 8.62. The Morgan fingerprint density at radius 3 is 2.86 bits per heavy atom. The molecular formula is C10H16N2OS. The van der Waals surface area contributed by atoms with E-state index in [9.17, 15) is 4.79 Å². The molecule has 0 spiro atoms. The molecule has 0 radical (unpaired) electrons. The van der Waals surface area contributed by atoms with Gasteiger partial charge >= 0.3 is 0 Å². The van der Waals surface area contributed by atoms with Crippen LogP contribution >= 0.6 is 12.2 Å². The Morgan fingerprint density at radius 1 is 1.71 bits per heavy atom. The second-order valence-corrected chi connectivity index (χ2v) is 4.26. The van der Waals surface area contributed by atoms with Crippen molar-refractivity contribution in [1.82, 2.24) is 10.2 Å². The van der Waals surface area contributed by atoms with Crippen LogP contribution in [0, 0.1) is 5.92 Å². The van der Waals surface area contributed by atoms with Crippen LogP contribution in [0.5, 0.6) is 0 Å². The maximum atomic E-state index is 11.8. The van der Waals surface area contributed by atoms with Crippen LogP contribution in [0.3, 0.4) is 0 Å². The molecular weight excluding hydrogens is 196 g/mol. The standard InChI is InChI=1S/C10H16N2OS/c1-4-5-12-9(13)8(6-7(2)3)11-10(12)14/h4,7-8H,1,5-6H2,2-3H3,(H,11,14)/t8-/m0/s1. The lowest BCUT2D eigenvalue weighted by Gasteiger charge is -2.12. The van der Waals surface area contributed by atoms with Gasteiger partial charge in [0.2, 0.25) is 0 Å². The largest absolute Gasteiger partial charge is 0.350 e. The summed E-state index contributed by atoms with van der Waals surface area (Å²) in [6.07, 6.45) is 2.51. The molecule has 14 heavy (non-hydrogen) atoms. The second-order valence-electron chi connectivity index (χ2n) is 3.87. The molecule has 1 amide bonds. The molecule has 0 bridgehead atoms. The minimum Gasteiger partial charge on any atom is -0.350 e. The fourth-order valence-corrected chi connectivity index (χ4v) is 1.82. The van der Waals surface area contributed by atoms with E-state index in [4.69, 9.17) is 12.2 Å². The Morgan fingerprint density at radius 2 is 2.36 bits per heavy atom. The van der Waals surface area contributed by atoms with Crippen molar-refractivity contribution in [2.75, 3.05) is 6.54 Å². The summed E-state index contributed by atoms with van der Waals surface area (Å²) >= 11 is 5.06. The Labute approximate surface area is 90.2 Å². The third-order valence-electron chi connectivity index (χ3n) is 2.13. The Bertz CT molecular complexity index is 263. The molecule has 0 aliphatic carbocycles. The highest BCUT2D eigenvalue weighted by atomic mass is 32.1. The highest BCUT2D eigenvalue weighted by Crippen LogP contribution is 2.13. The molecule has 1 N–H and O–H groups in total. The van der Waals surface area contributed by atoms with Gasteiger partial charge in [0.15, 0.2) is 5.11 Å². The van der Waals surface area contributed by atoms with Gasteiger partial charge in [-0.05, 0) is 24.6 Å². The monoisotopic (exact) mass is 212 g/mol. The molecule has 4 heteroatoms. The highest BCUT2D eigenvalue weighted by Gasteiger charge is 2.34. The average Bonchev–Trinajstić information content (AvgIpc) is 2.32. The van der Waals surface area contributed by atoms with Crippen molar-refractivity contribution in [1.29, 1.82) is 0 Å². The van der Waals surface area contributed by atoms with Gasteiger partial charge in [-0.1, -0.05) is 19.9 Å². The van der Waals surface area contributed by atoms with Crippen LogP contribution in [-0.2, 0) is 4.79 Å². The Kier molecular flexibility index (Phi) is 3.63. The van der Waals surface area contributed by atoms with E-state index in [2.05, 4.69) is 25.7 Å². The van der Waals surface area contributed by atoms with E-state index in [0.717, 1.165) is 6.42 Å². The number of rotatable bonds is 4. The molecule has 0 aromatic rings. The lowest BCUT2D eigenvalue weighted by molar-refractivity contribution is -0.127. The minimum atomic E-state index is -0.137. The summed E-state index contributed by atoms with van der Waals surface area (Å²) in [4.78, 5) is 13.3. The molecule has 1 fully saturated rings. The van der Waals surface area contributed by atoms with E-state index in [1.807, 2.05) is 0 Å². The second kappa shape index (κ2) is 4.55. The number of nitrogens with zero attached hydrogens (tertiary/aromatic N) is 1. The molecule has 0 aromatic heterocycles. The van der Waals surface area contributed by atoms with Crippen molar-refractivity contribution in [3.05, 3.63) is 12.7 Å². The van der Waals surface area contributed by atoms with Crippen molar-refractivity contribution in [3.63, 3.8) is 0 Å². The first-order valence-corrected chi connectivity index (χ1v) is 5.19. The van der Waals surface area contributed by atoms with Gasteiger partial charge in [0, 0.05) is 6.54 Å². The van der Waals surface area contributed by atoms with Crippen molar-refractivity contribution in [2.45, 2.75) is 26.3 Å². The van der Waals surface area contributed by atoms with Crippen LogP contribution in [0.2, 0.25) is 0 Å². The molecule has 3 nitrogen and oxygen atoms in total. The lowest BCUT2D eigenvalue weighted by Crippen LogP contribution is -2.31. The molecule has 0 unspecified atom stereocenters. The number of thiocarbonyl (C=S) groups is 1. The SMILES string of the molecule is C=CCN1C(=O)[C@H](CC(C)C)NC1=S. The molecule has 1 atom stereocenters. The third-order valence-corrected chi connectivity index (χ3v) is 2.46. The van der Waals surface area contributed by atoms with E-state index >= 15 is 0 Å². The van der Waals surface area contributed by atoms with E-state index < -0.39 is 0 Å². The summed E-state index contributed by atoms with van der Waals surface area (Å²) in [5.74, 6) is 0.562. The predicted molar refractivity (Wildman–Crippen MR) is 60.9 cm³/mol. The van der Waals surface area contributed by atoms with Gasteiger partial charge in [-0.25, -0.2) is 0 Å². The lowest BCUT2D eigenvalue weighted by atomic mass is 10.0. The average molecular weight is 212 g/mol. The molecule has 1 aliphatic rings. The molecule has 78 valence electrons. The molecule has 1 saturated heterocycles. The molecule has 1 heterocycles. The number of hydrogen-bond donors (Lipinski definition) is 1. The maximum Gasteiger partial charge on any atom is 0.251 e. The van der Waals surface area contributed by atoms with Crippen molar-refractivity contribution in [2.24, 2.45) is 5.92 Å². The van der Waals surface area contributed by atoms with Gasteiger partial charge in [-0.15, -0.1) is 6.58 Å². The van der Waals surface area contributed by atoms with Crippen molar-refractivity contribution < 1.29 is 4.79 Å². The zero-order valence-corrected chi connectivity index (χ0v) is 9.43. The van der Waals surface area contributed by atoms with Crippen LogP contribution in [0.15, 0.2) is 12.7 Å². The highest BCUT2D eigenvalue weighted by molar-refractivity contribution is 7.80. The van der Waals surface area contributed by atoms with Gasteiger partial charge in [-0.2, -0.15) is 0 Å². The van der Waals surface area contributed by atoms with Crippen LogP contribution in [0.1, 0.15) is 20.3 Å². The first-order valence-electron chi connectivity index (χ1n) is 4.79. The third kappa shape index (κ3) is 2.32. The van der Waals surface area contributed by atoms with E-state index in [1.54, 1.807) is 11.0 Å². The Hall–Kier alpha value is -0.900. The van der Waals surface area contributed by atoms with E-state index in [1.165, 1.54) is 0 Å². The van der Waals surface area contributed by atoms with Crippen molar-refractivity contribution >= 4 is 23.2 Å². The quantitative estimate of drug-likeness (QED) is 0.563. The number of nitrogens with one attached hydrogen (secondary N) is 1. The van der Waals surface area contributed by atoms with E-state index in [-0.39, 0.29) is 11.9 Å². The first-order chi connectivity index (χ1) is 6.56. The van der Waals surface area contributed by atoms with Gasteiger partial charge in [-0.3, -0.25) is 9.69 Å². The predicted octanol–water partition coefficient (Wildman–Crippen LogP) is 1.30. The van der Waals surface area contributed by atoms with Crippen LogP contribution in [0.4, 0.5) is 0 Å². The van der Waals surface area contributed by atoms with Gasteiger partial charge in [0.25, 0.3) is 5.91 Å². The zero-order chi connectivity index (χ0) is 10.7. The summed E-state index contributed by atoms with van der Waals surface area (Å²) in [6, 6.07) is -0.137. The van der Waals surface area contributed by atoms with Gasteiger partial charge in [0.1, 0.15) is 6.04 Å². The summed E-state index contributed by atoms with van der Waals surface area (Å²) < 4.78 is 0.